The van der Waals surface area contributed by atoms with Crippen LogP contribution in [0.1, 0.15) is 34.1 Å². The summed E-state index contributed by atoms with van der Waals surface area (Å²) in [6.45, 7) is 6.10. The molecule has 1 aliphatic rings. The Labute approximate surface area is 106 Å². The number of hydrogen-bond donors (Lipinski definition) is 1. The first-order valence-electron chi connectivity index (χ1n) is 6.07. The maximum atomic E-state index is 14.0. The summed E-state index contributed by atoms with van der Waals surface area (Å²) in [5, 5.41) is 0. The number of amides is 1. The van der Waals surface area contributed by atoms with Crippen LogP contribution in [0, 0.1) is 5.41 Å². The van der Waals surface area contributed by atoms with Gasteiger partial charge in [0.25, 0.3) is 5.92 Å². The zero-order chi connectivity index (χ0) is 14.2. The minimum Gasteiger partial charge on any atom is -0.444 e. The zero-order valence-corrected chi connectivity index (χ0v) is 11.4. The third-order valence-electron chi connectivity index (χ3n) is 3.31. The maximum Gasteiger partial charge on any atom is 0.410 e. The maximum absolute atomic E-state index is 14.0. The van der Waals surface area contributed by atoms with Crippen molar-refractivity contribution >= 4 is 6.09 Å². The molecule has 0 unspecified atom stereocenters. The molecule has 1 heterocycles. The fraction of sp³-hybridized carbons (Fsp3) is 0.917. The highest BCUT2D eigenvalue weighted by molar-refractivity contribution is 5.68. The summed E-state index contributed by atoms with van der Waals surface area (Å²) in [5.41, 5.74) is 3.50. The Bertz CT molecular complexity index is 329. The van der Waals surface area contributed by atoms with Crippen molar-refractivity contribution < 1.29 is 18.3 Å². The van der Waals surface area contributed by atoms with Gasteiger partial charge in [-0.1, -0.05) is 6.92 Å². The molecule has 0 aromatic carbocycles. The Morgan fingerprint density at radius 2 is 2.00 bits per heavy atom. The van der Waals surface area contributed by atoms with Gasteiger partial charge in [0.15, 0.2) is 0 Å². The first-order valence-corrected chi connectivity index (χ1v) is 6.07. The standard InChI is InChI=1S/C12H22F2N2O2/c1-10(2,3)18-9(17)16-6-5-11(4,7-15)12(13,14)8-16/h5-8,15H2,1-4H3/t11-/m0/s1. The van der Waals surface area contributed by atoms with Gasteiger partial charge in [0.1, 0.15) is 5.60 Å². The van der Waals surface area contributed by atoms with E-state index in [-0.39, 0.29) is 19.5 Å². The van der Waals surface area contributed by atoms with E-state index in [1.165, 1.54) is 6.92 Å². The number of nitrogens with zero attached hydrogens (tertiary/aromatic N) is 1. The van der Waals surface area contributed by atoms with Crippen LogP contribution in [0.25, 0.3) is 0 Å². The van der Waals surface area contributed by atoms with Gasteiger partial charge >= 0.3 is 6.09 Å². The molecule has 1 fully saturated rings. The number of alkyl halides is 2. The van der Waals surface area contributed by atoms with E-state index in [0.717, 1.165) is 4.90 Å². The van der Waals surface area contributed by atoms with Crippen molar-refractivity contribution in [2.45, 2.75) is 45.6 Å². The Kier molecular flexibility index (Phi) is 3.91. The molecule has 1 rings (SSSR count). The molecule has 0 saturated carbocycles. The van der Waals surface area contributed by atoms with Gasteiger partial charge in [-0.05, 0) is 27.2 Å². The van der Waals surface area contributed by atoms with E-state index >= 15 is 0 Å². The van der Waals surface area contributed by atoms with Crippen molar-refractivity contribution in [1.82, 2.24) is 4.90 Å². The average Bonchev–Trinajstić information content (AvgIpc) is 2.19. The van der Waals surface area contributed by atoms with Crippen molar-refractivity contribution in [3.63, 3.8) is 0 Å². The summed E-state index contributed by atoms with van der Waals surface area (Å²) in [7, 11) is 0. The fourth-order valence-electron chi connectivity index (χ4n) is 1.81. The van der Waals surface area contributed by atoms with E-state index in [9.17, 15) is 13.6 Å². The second kappa shape index (κ2) is 4.64. The Balaban J connectivity index is 2.73. The van der Waals surface area contributed by atoms with Gasteiger partial charge in [-0.3, -0.25) is 0 Å². The van der Waals surface area contributed by atoms with E-state index < -0.39 is 29.6 Å². The minimum absolute atomic E-state index is 0.0951. The third kappa shape index (κ3) is 3.10. The number of halogens is 2. The van der Waals surface area contributed by atoms with E-state index in [4.69, 9.17) is 10.5 Å². The van der Waals surface area contributed by atoms with Crippen molar-refractivity contribution in [2.24, 2.45) is 11.1 Å². The van der Waals surface area contributed by atoms with Crippen LogP contribution >= 0.6 is 0 Å². The molecule has 0 bridgehead atoms. The van der Waals surface area contributed by atoms with Crippen LogP contribution in [-0.4, -0.2) is 42.2 Å². The molecule has 0 aliphatic carbocycles. The van der Waals surface area contributed by atoms with Crippen LogP contribution in [0.3, 0.4) is 0 Å². The number of piperidine rings is 1. The summed E-state index contributed by atoms with van der Waals surface area (Å²) >= 11 is 0. The highest BCUT2D eigenvalue weighted by Crippen LogP contribution is 2.42. The number of carbonyl (C=O) groups is 1. The first kappa shape index (κ1) is 15.1. The van der Waals surface area contributed by atoms with Gasteiger partial charge in [0.05, 0.1) is 6.54 Å². The smallest absolute Gasteiger partial charge is 0.410 e. The fourth-order valence-corrected chi connectivity index (χ4v) is 1.81. The molecule has 0 spiro atoms. The van der Waals surface area contributed by atoms with E-state index in [2.05, 4.69) is 0 Å². The van der Waals surface area contributed by atoms with E-state index in [0.29, 0.717) is 0 Å². The summed E-state index contributed by atoms with van der Waals surface area (Å²) in [5.74, 6) is -2.99. The van der Waals surface area contributed by atoms with Crippen LogP contribution in [0.15, 0.2) is 0 Å². The highest BCUT2D eigenvalue weighted by atomic mass is 19.3. The van der Waals surface area contributed by atoms with Crippen LogP contribution < -0.4 is 5.73 Å². The van der Waals surface area contributed by atoms with Crippen molar-refractivity contribution in [3.05, 3.63) is 0 Å². The molecule has 0 radical (unpaired) electrons. The minimum atomic E-state index is -2.99. The zero-order valence-electron chi connectivity index (χ0n) is 11.4. The predicted molar refractivity (Wildman–Crippen MR) is 64.5 cm³/mol. The number of carbonyl (C=O) groups excluding carboxylic acids is 1. The lowest BCUT2D eigenvalue weighted by atomic mass is 9.77. The molecule has 106 valence electrons. The highest BCUT2D eigenvalue weighted by Gasteiger charge is 2.54. The SMILES string of the molecule is CC(C)(C)OC(=O)N1CC[C@@](C)(CN)C(F)(F)C1. The Morgan fingerprint density at radius 3 is 2.39 bits per heavy atom. The van der Waals surface area contributed by atoms with Crippen LogP contribution in [-0.2, 0) is 4.74 Å². The lowest BCUT2D eigenvalue weighted by Crippen LogP contribution is -2.58. The molecular weight excluding hydrogens is 242 g/mol. The summed E-state index contributed by atoms with van der Waals surface area (Å²) in [4.78, 5) is 12.8. The number of rotatable bonds is 1. The molecule has 0 aromatic heterocycles. The second-order valence-corrected chi connectivity index (χ2v) is 6.12. The summed E-state index contributed by atoms with van der Waals surface area (Å²) in [6.07, 6.45) is -0.517. The Morgan fingerprint density at radius 1 is 1.44 bits per heavy atom. The molecule has 4 nitrogen and oxygen atoms in total. The van der Waals surface area contributed by atoms with Gasteiger partial charge in [-0.2, -0.15) is 0 Å². The second-order valence-electron chi connectivity index (χ2n) is 6.12. The van der Waals surface area contributed by atoms with Crippen LogP contribution in [0.5, 0.6) is 0 Å². The van der Waals surface area contributed by atoms with E-state index in [1.807, 2.05) is 0 Å². The van der Waals surface area contributed by atoms with Crippen molar-refractivity contribution in [3.8, 4) is 0 Å². The number of hydrogen-bond acceptors (Lipinski definition) is 3. The predicted octanol–water partition coefficient (Wildman–Crippen LogP) is 2.23. The summed E-state index contributed by atoms with van der Waals surface area (Å²) < 4.78 is 33.0. The Hall–Kier alpha value is -0.910. The van der Waals surface area contributed by atoms with Gasteiger partial charge < -0.3 is 15.4 Å². The first-order chi connectivity index (χ1) is 8.01. The van der Waals surface area contributed by atoms with Gasteiger partial charge in [-0.25, -0.2) is 13.6 Å². The number of nitrogens with two attached hydrogens (primary N) is 1. The van der Waals surface area contributed by atoms with E-state index in [1.54, 1.807) is 20.8 Å². The molecule has 18 heavy (non-hydrogen) atoms. The topological polar surface area (TPSA) is 55.6 Å². The van der Waals surface area contributed by atoms with Crippen LogP contribution in [0.2, 0.25) is 0 Å². The quantitative estimate of drug-likeness (QED) is 0.790. The van der Waals surface area contributed by atoms with Crippen LogP contribution in [0.4, 0.5) is 13.6 Å². The molecule has 1 saturated heterocycles. The number of likely N-dealkylation sites (tertiary alicyclic amines) is 1. The molecule has 1 atom stereocenters. The molecule has 6 heteroatoms. The van der Waals surface area contributed by atoms with Gasteiger partial charge in [-0.15, -0.1) is 0 Å². The summed E-state index contributed by atoms with van der Waals surface area (Å²) in [6, 6.07) is 0. The normalized spacial score (nSPS) is 28.1. The molecule has 1 amide bonds. The van der Waals surface area contributed by atoms with Gasteiger partial charge in [0, 0.05) is 18.5 Å². The lowest BCUT2D eigenvalue weighted by Gasteiger charge is -2.44. The molecule has 2 N–H and O–H groups in total. The van der Waals surface area contributed by atoms with Crippen molar-refractivity contribution in [1.29, 1.82) is 0 Å². The molecular formula is C12H22F2N2O2. The lowest BCUT2D eigenvalue weighted by molar-refractivity contribution is -0.154. The largest absolute Gasteiger partial charge is 0.444 e. The monoisotopic (exact) mass is 264 g/mol. The molecule has 1 aliphatic heterocycles. The number of ether oxygens (including phenoxy) is 1. The average molecular weight is 264 g/mol. The van der Waals surface area contributed by atoms with Crippen molar-refractivity contribution in [2.75, 3.05) is 19.6 Å². The third-order valence-corrected chi connectivity index (χ3v) is 3.31. The molecule has 0 aromatic rings. The van der Waals surface area contributed by atoms with Gasteiger partial charge in [0.2, 0.25) is 0 Å².